The average Bonchev–Trinajstić information content (AvgIpc) is 2.60. The quantitative estimate of drug-likeness (QED) is 0.856. The minimum Gasteiger partial charge on any atom is -0.484 e. The molecule has 0 fully saturated rings. The number of rotatable bonds is 5. The summed E-state index contributed by atoms with van der Waals surface area (Å²) in [6.45, 7) is -0.162. The third kappa shape index (κ3) is 4.58. The SMILES string of the molecule is COC(=O)c1ccc(NC(=O)COc2ccc(C#N)cc2)cc1. The van der Waals surface area contributed by atoms with E-state index in [4.69, 9.17) is 10.00 Å². The zero-order chi connectivity index (χ0) is 16.7. The van der Waals surface area contributed by atoms with Crippen LogP contribution in [-0.2, 0) is 9.53 Å². The van der Waals surface area contributed by atoms with Gasteiger partial charge in [-0.3, -0.25) is 4.79 Å². The van der Waals surface area contributed by atoms with Crippen LogP contribution in [0.4, 0.5) is 5.69 Å². The highest BCUT2D eigenvalue weighted by molar-refractivity contribution is 5.93. The normalized spacial score (nSPS) is 9.57. The molecule has 0 atom stereocenters. The van der Waals surface area contributed by atoms with Gasteiger partial charge >= 0.3 is 5.97 Å². The number of carbonyl (C=O) groups is 2. The van der Waals surface area contributed by atoms with Gasteiger partial charge in [-0.15, -0.1) is 0 Å². The number of hydrogen-bond acceptors (Lipinski definition) is 5. The third-order valence-electron chi connectivity index (χ3n) is 2.94. The van der Waals surface area contributed by atoms with Gasteiger partial charge in [-0.05, 0) is 48.5 Å². The van der Waals surface area contributed by atoms with Crippen LogP contribution in [0.3, 0.4) is 0 Å². The molecule has 116 valence electrons. The minimum atomic E-state index is -0.438. The topological polar surface area (TPSA) is 88.4 Å². The molecule has 6 heteroatoms. The van der Waals surface area contributed by atoms with Crippen LogP contribution in [0, 0.1) is 11.3 Å². The maximum atomic E-state index is 11.8. The second kappa shape index (κ2) is 7.61. The summed E-state index contributed by atoms with van der Waals surface area (Å²) < 4.78 is 9.92. The predicted molar refractivity (Wildman–Crippen MR) is 83.1 cm³/mol. The number of ether oxygens (including phenoxy) is 2. The van der Waals surface area contributed by atoms with E-state index in [-0.39, 0.29) is 12.5 Å². The molecule has 0 aliphatic heterocycles. The Morgan fingerprint density at radius 3 is 2.30 bits per heavy atom. The molecule has 0 bridgehead atoms. The van der Waals surface area contributed by atoms with E-state index in [9.17, 15) is 9.59 Å². The summed E-state index contributed by atoms with van der Waals surface area (Å²) in [5, 5.41) is 11.3. The Kier molecular flexibility index (Phi) is 5.31. The fourth-order valence-corrected chi connectivity index (χ4v) is 1.78. The Morgan fingerprint density at radius 1 is 1.09 bits per heavy atom. The van der Waals surface area contributed by atoms with E-state index in [1.807, 2.05) is 6.07 Å². The van der Waals surface area contributed by atoms with Gasteiger partial charge in [-0.25, -0.2) is 4.79 Å². The Hall–Kier alpha value is -3.33. The molecule has 2 rings (SSSR count). The maximum absolute atomic E-state index is 11.8. The lowest BCUT2D eigenvalue weighted by atomic mass is 10.2. The van der Waals surface area contributed by atoms with E-state index in [1.54, 1.807) is 48.5 Å². The van der Waals surface area contributed by atoms with Crippen LogP contribution in [0.15, 0.2) is 48.5 Å². The summed E-state index contributed by atoms with van der Waals surface area (Å²) in [5.74, 6) is -0.271. The summed E-state index contributed by atoms with van der Waals surface area (Å²) in [6, 6.07) is 14.8. The highest BCUT2D eigenvalue weighted by Gasteiger charge is 2.07. The maximum Gasteiger partial charge on any atom is 0.337 e. The monoisotopic (exact) mass is 310 g/mol. The Morgan fingerprint density at radius 2 is 1.74 bits per heavy atom. The van der Waals surface area contributed by atoms with Gasteiger partial charge in [0.2, 0.25) is 0 Å². The number of hydrogen-bond donors (Lipinski definition) is 1. The Bertz CT molecular complexity index is 731. The minimum absolute atomic E-state index is 0.162. The second-order valence-corrected chi connectivity index (χ2v) is 4.54. The number of esters is 1. The Balaban J connectivity index is 1.86. The number of nitrogens with one attached hydrogen (secondary N) is 1. The molecule has 0 heterocycles. The third-order valence-corrected chi connectivity index (χ3v) is 2.94. The summed E-state index contributed by atoms with van der Waals surface area (Å²) in [5.41, 5.74) is 1.47. The molecule has 23 heavy (non-hydrogen) atoms. The first-order valence-electron chi connectivity index (χ1n) is 6.73. The van der Waals surface area contributed by atoms with Gasteiger partial charge in [0.15, 0.2) is 6.61 Å². The molecule has 0 aliphatic carbocycles. The molecular formula is C17H14N2O4. The van der Waals surface area contributed by atoms with Gasteiger partial charge in [0.25, 0.3) is 5.91 Å². The van der Waals surface area contributed by atoms with Crippen molar-refractivity contribution < 1.29 is 19.1 Å². The van der Waals surface area contributed by atoms with E-state index in [1.165, 1.54) is 7.11 Å². The average molecular weight is 310 g/mol. The largest absolute Gasteiger partial charge is 0.484 e. The van der Waals surface area contributed by atoms with Crippen molar-refractivity contribution in [1.82, 2.24) is 0 Å². The number of nitriles is 1. The Labute approximate surface area is 133 Å². The fraction of sp³-hybridized carbons (Fsp3) is 0.118. The number of amides is 1. The van der Waals surface area contributed by atoms with E-state index >= 15 is 0 Å². The zero-order valence-corrected chi connectivity index (χ0v) is 12.4. The molecule has 2 aromatic rings. The van der Waals surface area contributed by atoms with Crippen molar-refractivity contribution >= 4 is 17.6 Å². The first-order chi connectivity index (χ1) is 11.1. The van der Waals surface area contributed by atoms with Gasteiger partial charge in [0.1, 0.15) is 5.75 Å². The molecule has 6 nitrogen and oxygen atoms in total. The highest BCUT2D eigenvalue weighted by Crippen LogP contribution is 2.13. The van der Waals surface area contributed by atoms with E-state index in [2.05, 4.69) is 10.1 Å². The molecule has 0 unspecified atom stereocenters. The summed E-state index contributed by atoms with van der Waals surface area (Å²) in [4.78, 5) is 23.1. The van der Waals surface area contributed by atoms with E-state index in [0.29, 0.717) is 22.6 Å². The highest BCUT2D eigenvalue weighted by atomic mass is 16.5. The standard InChI is InChI=1S/C17H14N2O4/c1-22-17(21)13-4-6-14(7-5-13)19-16(20)11-23-15-8-2-12(10-18)3-9-15/h2-9H,11H2,1H3,(H,19,20). The molecule has 1 N–H and O–H groups in total. The smallest absolute Gasteiger partial charge is 0.337 e. The van der Waals surface area contributed by atoms with Gasteiger partial charge < -0.3 is 14.8 Å². The first kappa shape index (κ1) is 16.0. The van der Waals surface area contributed by atoms with Crippen molar-refractivity contribution in [2.75, 3.05) is 19.0 Å². The summed E-state index contributed by atoms with van der Waals surface area (Å²) in [7, 11) is 1.30. The van der Waals surface area contributed by atoms with Crippen LogP contribution in [0.2, 0.25) is 0 Å². The lowest BCUT2D eigenvalue weighted by Gasteiger charge is -2.08. The van der Waals surface area contributed by atoms with Crippen molar-refractivity contribution in [3.63, 3.8) is 0 Å². The summed E-state index contributed by atoms with van der Waals surface area (Å²) in [6.07, 6.45) is 0. The number of methoxy groups -OCH3 is 1. The lowest BCUT2D eigenvalue weighted by Crippen LogP contribution is -2.20. The number of carbonyl (C=O) groups excluding carboxylic acids is 2. The van der Waals surface area contributed by atoms with Crippen molar-refractivity contribution in [2.45, 2.75) is 0 Å². The summed E-state index contributed by atoms with van der Waals surface area (Å²) >= 11 is 0. The van der Waals surface area contributed by atoms with Crippen molar-refractivity contribution in [2.24, 2.45) is 0 Å². The van der Waals surface area contributed by atoms with Crippen LogP contribution in [-0.4, -0.2) is 25.6 Å². The molecule has 0 aromatic heterocycles. The molecule has 1 amide bonds. The van der Waals surface area contributed by atoms with Gasteiger partial charge in [-0.2, -0.15) is 5.26 Å². The van der Waals surface area contributed by atoms with Gasteiger partial charge in [0, 0.05) is 5.69 Å². The van der Waals surface area contributed by atoms with E-state index in [0.717, 1.165) is 0 Å². The van der Waals surface area contributed by atoms with Crippen LogP contribution in [0.5, 0.6) is 5.75 Å². The number of benzene rings is 2. The molecule has 0 saturated carbocycles. The van der Waals surface area contributed by atoms with Crippen molar-refractivity contribution in [1.29, 1.82) is 5.26 Å². The zero-order valence-electron chi connectivity index (χ0n) is 12.4. The van der Waals surface area contributed by atoms with Crippen molar-refractivity contribution in [3.05, 3.63) is 59.7 Å². The predicted octanol–water partition coefficient (Wildman–Crippen LogP) is 2.36. The molecule has 0 saturated heterocycles. The molecule has 2 aromatic carbocycles. The second-order valence-electron chi connectivity index (χ2n) is 4.54. The van der Waals surface area contributed by atoms with Crippen LogP contribution >= 0.6 is 0 Å². The van der Waals surface area contributed by atoms with Gasteiger partial charge in [-0.1, -0.05) is 0 Å². The van der Waals surface area contributed by atoms with Crippen LogP contribution in [0.25, 0.3) is 0 Å². The van der Waals surface area contributed by atoms with Crippen molar-refractivity contribution in [3.8, 4) is 11.8 Å². The lowest BCUT2D eigenvalue weighted by molar-refractivity contribution is -0.118. The fourth-order valence-electron chi connectivity index (χ4n) is 1.78. The molecular weight excluding hydrogens is 296 g/mol. The number of nitrogens with zero attached hydrogens (tertiary/aromatic N) is 1. The van der Waals surface area contributed by atoms with Gasteiger partial charge in [0.05, 0.1) is 24.3 Å². The van der Waals surface area contributed by atoms with Crippen LogP contribution < -0.4 is 10.1 Å². The van der Waals surface area contributed by atoms with E-state index < -0.39 is 5.97 Å². The first-order valence-corrected chi connectivity index (χ1v) is 6.73. The van der Waals surface area contributed by atoms with Crippen LogP contribution in [0.1, 0.15) is 15.9 Å². The molecule has 0 spiro atoms. The number of anilines is 1. The molecule has 0 radical (unpaired) electrons. The molecule has 0 aliphatic rings.